The van der Waals surface area contributed by atoms with E-state index in [9.17, 15) is 0 Å². The third-order valence-electron chi connectivity index (χ3n) is 4.15. The number of hydrogen-bond donors (Lipinski definition) is 3. The molecule has 1 fully saturated rings. The topological polar surface area (TPSA) is 67.4 Å². The van der Waals surface area contributed by atoms with Crippen molar-refractivity contribution < 1.29 is 9.47 Å². The van der Waals surface area contributed by atoms with Crippen LogP contribution in [0.15, 0.2) is 48.8 Å². The first-order valence-corrected chi connectivity index (χ1v) is 8.23. The Kier molecular flexibility index (Phi) is 6.01. The molecule has 0 aliphatic carbocycles. The van der Waals surface area contributed by atoms with Crippen molar-refractivity contribution >= 4 is 0 Å². The maximum atomic E-state index is 5.78. The maximum absolute atomic E-state index is 5.78. The molecule has 1 aromatic heterocycles. The van der Waals surface area contributed by atoms with Gasteiger partial charge in [-0.05, 0) is 23.8 Å². The molecule has 2 aromatic rings. The average molecular weight is 328 g/mol. The lowest BCUT2D eigenvalue weighted by molar-refractivity contribution is 0.288. The van der Waals surface area contributed by atoms with Crippen LogP contribution in [0.1, 0.15) is 11.6 Å². The lowest BCUT2D eigenvalue weighted by atomic mass is 9.96. The monoisotopic (exact) mass is 328 g/mol. The summed E-state index contributed by atoms with van der Waals surface area (Å²) in [6.07, 6.45) is 3.72. The van der Waals surface area contributed by atoms with Crippen LogP contribution in [0.25, 0.3) is 0 Å². The summed E-state index contributed by atoms with van der Waals surface area (Å²) in [7, 11) is 1.65. The van der Waals surface area contributed by atoms with Crippen molar-refractivity contribution in [3.05, 3.63) is 54.4 Å². The number of hydrogen-bond acceptors (Lipinski definition) is 6. The predicted octanol–water partition coefficient (Wildman–Crippen LogP) is 1.52. The van der Waals surface area contributed by atoms with Gasteiger partial charge < -0.3 is 14.8 Å². The molecule has 1 saturated heterocycles. The molecular formula is C18H24N4O2. The Morgan fingerprint density at radius 1 is 1.21 bits per heavy atom. The maximum Gasteiger partial charge on any atom is 0.161 e. The van der Waals surface area contributed by atoms with Crippen LogP contribution in [-0.2, 0) is 0 Å². The van der Waals surface area contributed by atoms with Crippen LogP contribution in [0.3, 0.4) is 0 Å². The molecule has 2 heterocycles. The van der Waals surface area contributed by atoms with Crippen LogP contribution in [0.2, 0.25) is 0 Å². The van der Waals surface area contributed by atoms with E-state index in [0.29, 0.717) is 12.5 Å². The predicted molar refractivity (Wildman–Crippen MR) is 93.0 cm³/mol. The van der Waals surface area contributed by atoms with Crippen LogP contribution in [0, 0.1) is 5.92 Å². The van der Waals surface area contributed by atoms with Crippen molar-refractivity contribution in [3.8, 4) is 11.5 Å². The molecule has 2 unspecified atom stereocenters. The Balaban J connectivity index is 1.42. The van der Waals surface area contributed by atoms with Crippen LogP contribution in [0.5, 0.6) is 11.5 Å². The SMILES string of the molecule is COc1ccccc1OCCNCC1CNNC1c1cccnc1. The summed E-state index contributed by atoms with van der Waals surface area (Å²) in [5.41, 5.74) is 7.77. The molecular weight excluding hydrogens is 304 g/mol. The number of pyridine rings is 1. The second-order valence-corrected chi connectivity index (χ2v) is 5.75. The average Bonchev–Trinajstić information content (AvgIpc) is 3.11. The zero-order valence-electron chi connectivity index (χ0n) is 13.9. The summed E-state index contributed by atoms with van der Waals surface area (Å²) in [6, 6.07) is 12.1. The number of methoxy groups -OCH3 is 1. The number of rotatable bonds is 8. The first-order chi connectivity index (χ1) is 11.9. The quantitative estimate of drug-likeness (QED) is 0.639. The van der Waals surface area contributed by atoms with Gasteiger partial charge >= 0.3 is 0 Å². The highest BCUT2D eigenvalue weighted by atomic mass is 16.5. The third kappa shape index (κ3) is 4.23. The number of ether oxygens (including phenoxy) is 2. The Hall–Kier alpha value is -2.15. The lowest BCUT2D eigenvalue weighted by Gasteiger charge is -2.19. The Labute approximate surface area is 142 Å². The van der Waals surface area contributed by atoms with Crippen LogP contribution < -0.4 is 25.6 Å². The number of nitrogens with one attached hydrogen (secondary N) is 3. The van der Waals surface area contributed by atoms with E-state index in [4.69, 9.17) is 9.47 Å². The van der Waals surface area contributed by atoms with Crippen LogP contribution in [-0.4, -0.2) is 38.3 Å². The molecule has 0 saturated carbocycles. The van der Waals surface area contributed by atoms with Crippen molar-refractivity contribution in [2.75, 3.05) is 33.4 Å². The highest BCUT2D eigenvalue weighted by Gasteiger charge is 2.27. The van der Waals surface area contributed by atoms with Crippen LogP contribution >= 0.6 is 0 Å². The molecule has 0 radical (unpaired) electrons. The minimum atomic E-state index is 0.279. The van der Waals surface area contributed by atoms with Gasteiger partial charge in [0.25, 0.3) is 0 Å². The molecule has 6 nitrogen and oxygen atoms in total. The van der Waals surface area contributed by atoms with E-state index >= 15 is 0 Å². The number of aromatic nitrogens is 1. The molecule has 0 amide bonds. The highest BCUT2D eigenvalue weighted by molar-refractivity contribution is 5.39. The molecule has 1 aliphatic heterocycles. The largest absolute Gasteiger partial charge is 0.493 e. The van der Waals surface area contributed by atoms with Crippen molar-refractivity contribution in [2.45, 2.75) is 6.04 Å². The van der Waals surface area contributed by atoms with E-state index in [2.05, 4.69) is 27.2 Å². The van der Waals surface area contributed by atoms with Crippen LogP contribution in [0.4, 0.5) is 0 Å². The van der Waals surface area contributed by atoms with E-state index in [0.717, 1.165) is 31.1 Å². The normalized spacial score (nSPS) is 20.0. The zero-order chi connectivity index (χ0) is 16.6. The Bertz CT molecular complexity index is 623. The number of nitrogens with zero attached hydrogens (tertiary/aromatic N) is 1. The smallest absolute Gasteiger partial charge is 0.161 e. The standard InChI is InChI=1S/C18H24N4O2/c1-23-16-6-2-3-7-17(16)24-10-9-20-12-15-13-21-22-18(15)14-5-4-8-19-11-14/h2-8,11,15,18,20-22H,9-10,12-13H2,1H3. The molecule has 0 bridgehead atoms. The molecule has 1 aromatic carbocycles. The van der Waals surface area contributed by atoms with Gasteiger partial charge in [-0.1, -0.05) is 18.2 Å². The zero-order valence-corrected chi connectivity index (χ0v) is 13.9. The molecule has 24 heavy (non-hydrogen) atoms. The van der Waals surface area contributed by atoms with Gasteiger partial charge in [0.05, 0.1) is 13.2 Å². The minimum Gasteiger partial charge on any atom is -0.493 e. The van der Waals surface area contributed by atoms with E-state index < -0.39 is 0 Å². The second kappa shape index (κ2) is 8.63. The van der Waals surface area contributed by atoms with E-state index in [1.165, 1.54) is 5.56 Å². The Morgan fingerprint density at radius 2 is 2.08 bits per heavy atom. The Morgan fingerprint density at radius 3 is 2.88 bits per heavy atom. The summed E-state index contributed by atoms with van der Waals surface area (Å²) < 4.78 is 11.1. The van der Waals surface area contributed by atoms with Gasteiger partial charge in [0, 0.05) is 37.9 Å². The van der Waals surface area contributed by atoms with E-state index in [1.807, 2.05) is 36.5 Å². The molecule has 3 N–H and O–H groups in total. The summed E-state index contributed by atoms with van der Waals surface area (Å²) in [4.78, 5) is 4.20. The summed E-state index contributed by atoms with van der Waals surface area (Å²) >= 11 is 0. The van der Waals surface area contributed by atoms with Crippen molar-refractivity contribution in [2.24, 2.45) is 5.92 Å². The van der Waals surface area contributed by atoms with E-state index in [-0.39, 0.29) is 6.04 Å². The fourth-order valence-corrected chi connectivity index (χ4v) is 2.90. The first kappa shape index (κ1) is 16.7. The number of benzene rings is 1. The number of para-hydroxylation sites is 2. The van der Waals surface area contributed by atoms with Crippen molar-refractivity contribution in [3.63, 3.8) is 0 Å². The first-order valence-electron chi connectivity index (χ1n) is 8.23. The molecule has 128 valence electrons. The van der Waals surface area contributed by atoms with Gasteiger partial charge in [-0.3, -0.25) is 10.4 Å². The molecule has 0 spiro atoms. The summed E-state index contributed by atoms with van der Waals surface area (Å²) in [6.45, 7) is 3.23. The molecule has 6 heteroatoms. The van der Waals surface area contributed by atoms with Crippen molar-refractivity contribution in [1.82, 2.24) is 21.2 Å². The number of hydrazine groups is 1. The fraction of sp³-hybridized carbons (Fsp3) is 0.389. The third-order valence-corrected chi connectivity index (χ3v) is 4.15. The summed E-state index contributed by atoms with van der Waals surface area (Å²) in [5.74, 6) is 2.01. The van der Waals surface area contributed by atoms with Gasteiger partial charge in [0.2, 0.25) is 0 Å². The van der Waals surface area contributed by atoms with Gasteiger partial charge in [0.15, 0.2) is 11.5 Å². The van der Waals surface area contributed by atoms with E-state index in [1.54, 1.807) is 13.3 Å². The molecule has 3 rings (SSSR count). The lowest BCUT2D eigenvalue weighted by Crippen LogP contribution is -2.31. The highest BCUT2D eigenvalue weighted by Crippen LogP contribution is 2.25. The van der Waals surface area contributed by atoms with Gasteiger partial charge in [0.1, 0.15) is 6.61 Å². The fourth-order valence-electron chi connectivity index (χ4n) is 2.90. The second-order valence-electron chi connectivity index (χ2n) is 5.75. The van der Waals surface area contributed by atoms with Crippen molar-refractivity contribution in [1.29, 1.82) is 0 Å². The molecule has 1 aliphatic rings. The summed E-state index contributed by atoms with van der Waals surface area (Å²) in [5, 5.41) is 3.47. The minimum absolute atomic E-state index is 0.279. The van der Waals surface area contributed by atoms with Gasteiger partial charge in [-0.2, -0.15) is 0 Å². The van der Waals surface area contributed by atoms with Gasteiger partial charge in [-0.25, -0.2) is 5.43 Å². The van der Waals surface area contributed by atoms with Gasteiger partial charge in [-0.15, -0.1) is 0 Å². The molecule has 2 atom stereocenters.